The zero-order valence-corrected chi connectivity index (χ0v) is 17.0. The molecule has 1 aliphatic rings. The van der Waals surface area contributed by atoms with E-state index in [4.69, 9.17) is 9.84 Å². The van der Waals surface area contributed by atoms with Crippen molar-refractivity contribution in [1.82, 2.24) is 14.5 Å². The Morgan fingerprint density at radius 1 is 1.32 bits per heavy atom. The van der Waals surface area contributed by atoms with Crippen LogP contribution in [0, 0.1) is 0 Å². The van der Waals surface area contributed by atoms with Gasteiger partial charge in [-0.2, -0.15) is 13.8 Å². The molecular weight excluding hydrogens is 414 g/mol. The molecule has 0 bridgehead atoms. The number of hydrogen-bond donors (Lipinski definition) is 3. The smallest absolute Gasteiger partial charge is 0.351 e. The van der Waals surface area contributed by atoms with Crippen LogP contribution in [0.1, 0.15) is 11.8 Å². The maximum Gasteiger partial charge on any atom is 0.351 e. The quantitative estimate of drug-likeness (QED) is 0.567. The van der Waals surface area contributed by atoms with Gasteiger partial charge in [-0.05, 0) is 32.1 Å². The van der Waals surface area contributed by atoms with Crippen molar-refractivity contribution in [1.29, 1.82) is 0 Å². The molecule has 1 aliphatic heterocycles. The van der Waals surface area contributed by atoms with Gasteiger partial charge in [0.2, 0.25) is 12.1 Å². The van der Waals surface area contributed by atoms with Crippen LogP contribution in [0.25, 0.3) is 0 Å². The lowest BCUT2D eigenvalue weighted by Crippen LogP contribution is -2.43. The molecule has 1 aromatic carbocycles. The summed E-state index contributed by atoms with van der Waals surface area (Å²) in [5.74, 6) is -4.33. The van der Waals surface area contributed by atoms with E-state index in [1.807, 2.05) is 30.3 Å². The summed E-state index contributed by atoms with van der Waals surface area (Å²) in [4.78, 5) is 30.4. The Labute approximate surface area is 176 Å². The van der Waals surface area contributed by atoms with Gasteiger partial charge in [0, 0.05) is 6.20 Å². The number of rotatable bonds is 7. The molecule has 31 heavy (non-hydrogen) atoms. The van der Waals surface area contributed by atoms with Gasteiger partial charge in [-0.15, -0.1) is 0 Å². The lowest BCUT2D eigenvalue weighted by Gasteiger charge is -2.24. The molecule has 0 saturated carbocycles. The van der Waals surface area contributed by atoms with Gasteiger partial charge in [0.25, 0.3) is 0 Å². The van der Waals surface area contributed by atoms with E-state index in [1.54, 1.807) is 19.0 Å². The Morgan fingerprint density at radius 2 is 2.00 bits per heavy atom. The predicted molar refractivity (Wildman–Crippen MR) is 107 cm³/mol. The summed E-state index contributed by atoms with van der Waals surface area (Å²) in [6, 6.07) is 9.99. The molecule has 1 fully saturated rings. The predicted octanol–water partition coefficient (Wildman–Crippen LogP) is 0.241. The molecule has 9 nitrogen and oxygen atoms in total. The van der Waals surface area contributed by atoms with Crippen LogP contribution in [0.3, 0.4) is 0 Å². The number of hydrogen-bond acceptors (Lipinski definition) is 7. The van der Waals surface area contributed by atoms with Gasteiger partial charge < -0.3 is 20.3 Å². The Bertz CT molecular complexity index is 970. The first-order valence-electron chi connectivity index (χ1n) is 9.57. The summed E-state index contributed by atoms with van der Waals surface area (Å²) in [6.45, 7) is -0.836. The number of amides is 1. The topological polar surface area (TPSA) is 117 Å². The number of nitrogens with zero attached hydrogens (tertiary/aromatic N) is 3. The van der Waals surface area contributed by atoms with Crippen molar-refractivity contribution in [2.24, 2.45) is 0 Å². The maximum absolute atomic E-state index is 14.3. The molecule has 1 aromatic heterocycles. The Morgan fingerprint density at radius 3 is 2.55 bits per heavy atom. The second-order valence-corrected chi connectivity index (χ2v) is 7.49. The van der Waals surface area contributed by atoms with Crippen LogP contribution in [0.5, 0.6) is 0 Å². The number of aliphatic hydroxyl groups is 2. The van der Waals surface area contributed by atoms with Gasteiger partial charge in [0.1, 0.15) is 11.9 Å². The molecule has 4 atom stereocenters. The molecule has 3 N–H and O–H groups in total. The van der Waals surface area contributed by atoms with E-state index < -0.39 is 48.6 Å². The SMILES string of the molecule is CN(C)[C@@H](Cc1ccccc1)C(=O)Nc1ccn([C@@H]2O[C@H](CO)[C@@H](O)C2(F)F)c(=O)n1. The zero-order valence-electron chi connectivity index (χ0n) is 17.0. The second-order valence-electron chi connectivity index (χ2n) is 7.49. The molecule has 2 aromatic rings. The van der Waals surface area contributed by atoms with E-state index in [1.165, 1.54) is 6.07 Å². The van der Waals surface area contributed by atoms with Crippen LogP contribution >= 0.6 is 0 Å². The molecule has 0 spiro atoms. The molecule has 1 amide bonds. The van der Waals surface area contributed by atoms with Crippen molar-refractivity contribution >= 4 is 11.7 Å². The van der Waals surface area contributed by atoms with Crippen LogP contribution in [0.2, 0.25) is 0 Å². The van der Waals surface area contributed by atoms with Gasteiger partial charge in [0.05, 0.1) is 12.6 Å². The van der Waals surface area contributed by atoms with Gasteiger partial charge in [-0.1, -0.05) is 30.3 Å². The normalized spacial score (nSPS) is 23.6. The molecule has 2 heterocycles. The third kappa shape index (κ3) is 4.79. The minimum Gasteiger partial charge on any atom is -0.394 e. The highest BCUT2D eigenvalue weighted by atomic mass is 19.3. The van der Waals surface area contributed by atoms with Crippen LogP contribution in [0.15, 0.2) is 47.4 Å². The summed E-state index contributed by atoms with van der Waals surface area (Å²) < 4.78 is 34.0. The van der Waals surface area contributed by atoms with Crippen molar-refractivity contribution in [3.05, 3.63) is 58.6 Å². The number of carbonyl (C=O) groups excluding carboxylic acids is 1. The average molecular weight is 438 g/mol. The third-order valence-corrected chi connectivity index (χ3v) is 5.09. The Kier molecular flexibility index (Phi) is 6.80. The van der Waals surface area contributed by atoms with Crippen LogP contribution in [0.4, 0.5) is 14.6 Å². The fraction of sp³-hybridized carbons (Fsp3) is 0.450. The molecular formula is C20H24F2N4O5. The average Bonchev–Trinajstić information content (AvgIpc) is 2.95. The van der Waals surface area contributed by atoms with E-state index in [0.717, 1.165) is 11.8 Å². The molecule has 0 aliphatic carbocycles. The monoisotopic (exact) mass is 438 g/mol. The highest BCUT2D eigenvalue weighted by Gasteiger charge is 2.59. The summed E-state index contributed by atoms with van der Waals surface area (Å²) in [5.41, 5.74) is -0.157. The zero-order chi connectivity index (χ0) is 22.8. The van der Waals surface area contributed by atoms with Gasteiger partial charge in [-0.25, -0.2) is 4.79 Å². The Hall–Kier alpha value is -2.73. The molecule has 11 heteroatoms. The number of nitrogens with one attached hydrogen (secondary N) is 1. The van der Waals surface area contributed by atoms with Crippen molar-refractivity contribution in [3.63, 3.8) is 0 Å². The fourth-order valence-corrected chi connectivity index (χ4v) is 3.34. The number of ether oxygens (including phenoxy) is 1. The van der Waals surface area contributed by atoms with E-state index in [0.29, 0.717) is 11.0 Å². The van der Waals surface area contributed by atoms with Gasteiger partial charge in [0.15, 0.2) is 6.10 Å². The van der Waals surface area contributed by atoms with Crippen LogP contribution in [-0.4, -0.2) is 75.4 Å². The number of anilines is 1. The summed E-state index contributed by atoms with van der Waals surface area (Å²) >= 11 is 0. The highest BCUT2D eigenvalue weighted by molar-refractivity contribution is 5.94. The van der Waals surface area contributed by atoms with Crippen molar-refractivity contribution in [2.75, 3.05) is 26.0 Å². The van der Waals surface area contributed by atoms with Crippen molar-refractivity contribution < 1.29 is 28.5 Å². The number of alkyl halides is 2. The van der Waals surface area contributed by atoms with E-state index in [2.05, 4.69) is 10.3 Å². The minimum atomic E-state index is -3.81. The summed E-state index contributed by atoms with van der Waals surface area (Å²) in [7, 11) is 3.47. The molecule has 0 radical (unpaired) electrons. The number of halogens is 2. The molecule has 3 rings (SSSR count). The lowest BCUT2D eigenvalue weighted by atomic mass is 10.0. The fourth-order valence-electron chi connectivity index (χ4n) is 3.34. The van der Waals surface area contributed by atoms with E-state index in [-0.39, 0.29) is 5.82 Å². The highest BCUT2D eigenvalue weighted by Crippen LogP contribution is 2.41. The van der Waals surface area contributed by atoms with E-state index >= 15 is 0 Å². The standard InChI is InChI=1S/C20H24F2N4O5/c1-25(2)13(10-12-6-4-3-5-7-12)17(29)23-15-8-9-26(19(30)24-15)18-20(21,22)16(28)14(11-27)31-18/h3-9,13-14,16,18,27-28H,10-11H2,1-2H3,(H,23,24,29,30)/t13-,14+,16+,18+/m0/s1. The first kappa shape index (κ1) is 22.9. The molecule has 168 valence electrons. The van der Waals surface area contributed by atoms with Crippen molar-refractivity contribution in [2.45, 2.75) is 36.8 Å². The van der Waals surface area contributed by atoms with Crippen LogP contribution < -0.4 is 11.0 Å². The summed E-state index contributed by atoms with van der Waals surface area (Å²) in [6.07, 6.45) is -4.52. The molecule has 0 unspecified atom stereocenters. The third-order valence-electron chi connectivity index (χ3n) is 5.09. The van der Waals surface area contributed by atoms with E-state index in [9.17, 15) is 23.5 Å². The number of aliphatic hydroxyl groups excluding tert-OH is 2. The van der Waals surface area contributed by atoms with Gasteiger partial charge >= 0.3 is 11.6 Å². The second kappa shape index (κ2) is 9.18. The van der Waals surface area contributed by atoms with Crippen molar-refractivity contribution in [3.8, 4) is 0 Å². The number of benzene rings is 1. The minimum absolute atomic E-state index is 0.105. The number of likely N-dealkylation sites (N-methyl/N-ethyl adjacent to an activating group) is 1. The largest absolute Gasteiger partial charge is 0.394 e. The summed E-state index contributed by atoms with van der Waals surface area (Å²) in [5, 5.41) is 21.2. The first-order valence-corrected chi connectivity index (χ1v) is 9.57. The molecule has 1 saturated heterocycles. The number of aromatic nitrogens is 2. The Balaban J connectivity index is 1.77. The van der Waals surface area contributed by atoms with Gasteiger partial charge in [-0.3, -0.25) is 14.3 Å². The maximum atomic E-state index is 14.3. The number of carbonyl (C=O) groups is 1. The first-order chi connectivity index (χ1) is 14.6. The lowest BCUT2D eigenvalue weighted by molar-refractivity contribution is -0.141. The van der Waals surface area contributed by atoms with Crippen LogP contribution in [-0.2, 0) is 16.0 Å².